The monoisotopic (exact) mass is 232 g/mol. The average Bonchev–Trinajstić information content (AvgIpc) is 2.56. The number of aliphatic carboxylic acids is 1. The SMILES string of the molecule is O=C(O)CC(F)(F)c1cc2c(s1)CCC2. The highest BCUT2D eigenvalue weighted by molar-refractivity contribution is 7.12. The molecule has 2 rings (SSSR count). The number of carboxylic acid groups (broad SMARTS) is 1. The van der Waals surface area contributed by atoms with E-state index < -0.39 is 18.3 Å². The summed E-state index contributed by atoms with van der Waals surface area (Å²) in [5.41, 5.74) is 0.972. The Morgan fingerprint density at radius 2 is 2.27 bits per heavy atom. The van der Waals surface area contributed by atoms with E-state index in [1.165, 1.54) is 6.07 Å². The van der Waals surface area contributed by atoms with Gasteiger partial charge in [-0.25, -0.2) is 0 Å². The van der Waals surface area contributed by atoms with Crippen molar-refractivity contribution in [1.82, 2.24) is 0 Å². The third-order valence-electron chi connectivity index (χ3n) is 2.48. The van der Waals surface area contributed by atoms with Crippen molar-refractivity contribution in [2.24, 2.45) is 0 Å². The van der Waals surface area contributed by atoms with Gasteiger partial charge in [0.2, 0.25) is 0 Å². The number of halogens is 2. The molecule has 0 fully saturated rings. The highest BCUT2D eigenvalue weighted by atomic mass is 32.1. The molecule has 0 spiro atoms. The molecule has 0 bridgehead atoms. The Morgan fingerprint density at radius 1 is 1.53 bits per heavy atom. The molecule has 1 aliphatic rings. The van der Waals surface area contributed by atoms with Crippen molar-refractivity contribution in [3.05, 3.63) is 21.4 Å². The van der Waals surface area contributed by atoms with Gasteiger partial charge < -0.3 is 5.11 Å². The maximum atomic E-state index is 13.4. The van der Waals surface area contributed by atoms with E-state index in [9.17, 15) is 13.6 Å². The first-order valence-electron chi connectivity index (χ1n) is 4.71. The van der Waals surface area contributed by atoms with Gasteiger partial charge in [-0.2, -0.15) is 8.78 Å². The molecule has 5 heteroatoms. The van der Waals surface area contributed by atoms with E-state index in [0.29, 0.717) is 0 Å². The van der Waals surface area contributed by atoms with E-state index in [0.717, 1.165) is 41.0 Å². The summed E-state index contributed by atoms with van der Waals surface area (Å²) in [4.78, 5) is 11.2. The number of hydrogen-bond donors (Lipinski definition) is 1. The van der Waals surface area contributed by atoms with E-state index in [1.807, 2.05) is 0 Å². The van der Waals surface area contributed by atoms with Crippen molar-refractivity contribution in [3.8, 4) is 0 Å². The van der Waals surface area contributed by atoms with E-state index in [-0.39, 0.29) is 4.88 Å². The lowest BCUT2D eigenvalue weighted by atomic mass is 10.1. The molecule has 0 unspecified atom stereocenters. The van der Waals surface area contributed by atoms with Crippen LogP contribution in [0.25, 0.3) is 0 Å². The van der Waals surface area contributed by atoms with Crippen molar-refractivity contribution >= 4 is 17.3 Å². The fourth-order valence-corrected chi connectivity index (χ4v) is 3.01. The second kappa shape index (κ2) is 3.56. The quantitative estimate of drug-likeness (QED) is 0.870. The number of aryl methyl sites for hydroxylation is 2. The smallest absolute Gasteiger partial charge is 0.309 e. The molecule has 0 saturated carbocycles. The maximum Gasteiger partial charge on any atom is 0.309 e. The van der Waals surface area contributed by atoms with Gasteiger partial charge in [0.05, 0.1) is 4.88 Å². The standard InChI is InChI=1S/C10H10F2O2S/c11-10(12,5-9(13)14)8-4-6-2-1-3-7(6)15-8/h4H,1-3,5H2,(H,13,14). The fraction of sp³-hybridized carbons (Fsp3) is 0.500. The molecular formula is C10H10F2O2S. The van der Waals surface area contributed by atoms with Crippen LogP contribution >= 0.6 is 11.3 Å². The van der Waals surface area contributed by atoms with Gasteiger partial charge in [0.1, 0.15) is 6.42 Å². The highest BCUT2D eigenvalue weighted by Crippen LogP contribution is 2.40. The topological polar surface area (TPSA) is 37.3 Å². The number of rotatable bonds is 3. The lowest BCUT2D eigenvalue weighted by Crippen LogP contribution is -2.16. The number of fused-ring (bicyclic) bond motifs is 1. The Kier molecular flexibility index (Phi) is 2.50. The summed E-state index contributed by atoms with van der Waals surface area (Å²) in [6.07, 6.45) is 1.59. The molecule has 0 atom stereocenters. The van der Waals surface area contributed by atoms with Gasteiger partial charge in [0, 0.05) is 4.88 Å². The Balaban J connectivity index is 2.25. The summed E-state index contributed by atoms with van der Waals surface area (Å²) in [6, 6.07) is 1.47. The minimum Gasteiger partial charge on any atom is -0.481 e. The van der Waals surface area contributed by atoms with Gasteiger partial charge in [0.15, 0.2) is 0 Å². The fourth-order valence-electron chi connectivity index (χ4n) is 1.79. The molecule has 1 aromatic heterocycles. The summed E-state index contributed by atoms with van der Waals surface area (Å²) >= 11 is 1.06. The molecule has 2 nitrogen and oxygen atoms in total. The summed E-state index contributed by atoms with van der Waals surface area (Å²) < 4.78 is 26.8. The first-order chi connectivity index (χ1) is 6.99. The zero-order valence-corrected chi connectivity index (χ0v) is 8.74. The second-order valence-electron chi connectivity index (χ2n) is 3.69. The summed E-state index contributed by atoms with van der Waals surface area (Å²) in [6.45, 7) is 0. The Labute approximate surface area is 89.5 Å². The molecule has 1 heterocycles. The molecule has 0 aliphatic heterocycles. The number of thiophene rings is 1. The van der Waals surface area contributed by atoms with Gasteiger partial charge in [0.25, 0.3) is 5.92 Å². The molecule has 15 heavy (non-hydrogen) atoms. The lowest BCUT2D eigenvalue weighted by Gasteiger charge is -2.11. The molecule has 0 aromatic carbocycles. The van der Waals surface area contributed by atoms with Gasteiger partial charge in [-0.3, -0.25) is 4.79 Å². The van der Waals surface area contributed by atoms with Crippen molar-refractivity contribution in [2.75, 3.05) is 0 Å². The van der Waals surface area contributed by atoms with E-state index in [1.54, 1.807) is 0 Å². The van der Waals surface area contributed by atoms with Crippen LogP contribution in [0.4, 0.5) is 8.78 Å². The Bertz CT molecular complexity index is 377. The van der Waals surface area contributed by atoms with Crippen LogP contribution in [0.3, 0.4) is 0 Å². The summed E-state index contributed by atoms with van der Waals surface area (Å²) in [7, 11) is 0. The van der Waals surface area contributed by atoms with Crippen LogP contribution in [0.5, 0.6) is 0 Å². The number of alkyl halides is 2. The molecule has 1 aromatic rings. The van der Waals surface area contributed by atoms with Gasteiger partial charge in [-0.05, 0) is 30.9 Å². The summed E-state index contributed by atoms with van der Waals surface area (Å²) in [5.74, 6) is -4.69. The predicted molar refractivity (Wildman–Crippen MR) is 52.5 cm³/mol. The molecule has 0 radical (unpaired) electrons. The normalized spacial score (nSPS) is 15.3. The van der Waals surface area contributed by atoms with Crippen LogP contribution in [0.2, 0.25) is 0 Å². The third kappa shape index (κ3) is 2.02. The second-order valence-corrected chi connectivity index (χ2v) is 4.82. The van der Waals surface area contributed by atoms with E-state index >= 15 is 0 Å². The van der Waals surface area contributed by atoms with Crippen LogP contribution < -0.4 is 0 Å². The van der Waals surface area contributed by atoms with Crippen LogP contribution in [-0.2, 0) is 23.6 Å². The maximum absolute atomic E-state index is 13.4. The average molecular weight is 232 g/mol. The predicted octanol–water partition coefficient (Wildman–Crippen LogP) is 2.80. The van der Waals surface area contributed by atoms with Crippen LogP contribution in [0.15, 0.2) is 6.07 Å². The third-order valence-corrected chi connectivity index (χ3v) is 3.83. The van der Waals surface area contributed by atoms with Crippen LogP contribution in [0, 0.1) is 0 Å². The molecule has 1 aliphatic carbocycles. The van der Waals surface area contributed by atoms with E-state index in [4.69, 9.17) is 5.11 Å². The van der Waals surface area contributed by atoms with E-state index in [2.05, 4.69) is 0 Å². The number of hydrogen-bond acceptors (Lipinski definition) is 2. The minimum absolute atomic E-state index is 0.102. The van der Waals surface area contributed by atoms with Crippen molar-refractivity contribution in [2.45, 2.75) is 31.6 Å². The lowest BCUT2D eigenvalue weighted by molar-refractivity contribution is -0.145. The van der Waals surface area contributed by atoms with Crippen molar-refractivity contribution in [1.29, 1.82) is 0 Å². The molecule has 0 amide bonds. The van der Waals surface area contributed by atoms with Gasteiger partial charge in [-0.1, -0.05) is 0 Å². The number of carbonyl (C=O) groups is 1. The van der Waals surface area contributed by atoms with Crippen LogP contribution in [-0.4, -0.2) is 11.1 Å². The zero-order chi connectivity index (χ0) is 11.1. The van der Waals surface area contributed by atoms with Crippen molar-refractivity contribution in [3.63, 3.8) is 0 Å². The molecule has 1 N–H and O–H groups in total. The van der Waals surface area contributed by atoms with Gasteiger partial charge >= 0.3 is 5.97 Å². The molecule has 82 valence electrons. The summed E-state index contributed by atoms with van der Waals surface area (Å²) in [5, 5.41) is 8.38. The largest absolute Gasteiger partial charge is 0.481 e. The first-order valence-corrected chi connectivity index (χ1v) is 5.52. The van der Waals surface area contributed by atoms with Crippen molar-refractivity contribution < 1.29 is 18.7 Å². The molecule has 0 saturated heterocycles. The molecular weight excluding hydrogens is 222 g/mol. The van der Waals surface area contributed by atoms with Crippen LogP contribution in [0.1, 0.15) is 28.2 Å². The highest BCUT2D eigenvalue weighted by Gasteiger charge is 2.37. The Morgan fingerprint density at radius 3 is 2.87 bits per heavy atom. The zero-order valence-electron chi connectivity index (χ0n) is 7.93. The Hall–Kier alpha value is -0.970. The van der Waals surface area contributed by atoms with Gasteiger partial charge in [-0.15, -0.1) is 11.3 Å². The number of carboxylic acids is 1. The first kappa shape index (κ1) is 10.5. The minimum atomic E-state index is -3.22.